The van der Waals surface area contributed by atoms with Gasteiger partial charge >= 0.3 is 0 Å². The first kappa shape index (κ1) is 16.6. The van der Waals surface area contributed by atoms with Crippen LogP contribution in [-0.2, 0) is 0 Å². The number of nitrogens with zero attached hydrogens (tertiary/aromatic N) is 1. The van der Waals surface area contributed by atoms with Crippen molar-refractivity contribution in [3.05, 3.63) is 52.3 Å². The fourth-order valence-corrected chi connectivity index (χ4v) is 2.15. The summed E-state index contributed by atoms with van der Waals surface area (Å²) in [6.45, 7) is 5.77. The maximum Gasteiger partial charge on any atom is 0.253 e. The molecule has 0 saturated heterocycles. The highest BCUT2D eigenvalue weighted by Gasteiger charge is 2.16. The number of hydrogen-bond acceptors (Lipinski definition) is 3. The molecule has 0 aliphatic rings. The summed E-state index contributed by atoms with van der Waals surface area (Å²) in [6, 6.07) is 7.02. The molecule has 22 heavy (non-hydrogen) atoms. The third kappa shape index (κ3) is 4.36. The molecule has 0 radical (unpaired) electrons. The Morgan fingerprint density at radius 2 is 1.91 bits per heavy atom. The van der Waals surface area contributed by atoms with Gasteiger partial charge in [-0.15, -0.1) is 0 Å². The van der Waals surface area contributed by atoms with Crippen LogP contribution in [0.25, 0.3) is 0 Å². The topological polar surface area (TPSA) is 54.0 Å². The first-order chi connectivity index (χ1) is 10.3. The number of benzene rings is 1. The maximum atomic E-state index is 12.2. The zero-order valence-electron chi connectivity index (χ0n) is 12.6. The molecule has 1 heterocycles. The van der Waals surface area contributed by atoms with Crippen molar-refractivity contribution in [3.63, 3.8) is 0 Å². The Morgan fingerprint density at radius 1 is 1.18 bits per heavy atom. The van der Waals surface area contributed by atoms with Crippen LogP contribution in [0.15, 0.2) is 36.7 Å². The molecule has 0 saturated carbocycles. The molecule has 1 aromatic heterocycles. The van der Waals surface area contributed by atoms with Gasteiger partial charge in [0, 0.05) is 11.7 Å². The van der Waals surface area contributed by atoms with Gasteiger partial charge in [0.05, 0.1) is 33.2 Å². The van der Waals surface area contributed by atoms with Crippen molar-refractivity contribution in [2.24, 2.45) is 0 Å². The van der Waals surface area contributed by atoms with Crippen LogP contribution < -0.4 is 10.6 Å². The zero-order chi connectivity index (χ0) is 16.3. The molecule has 1 aromatic carbocycles. The molecule has 2 N–H and O–H groups in total. The molecule has 116 valence electrons. The van der Waals surface area contributed by atoms with E-state index >= 15 is 0 Å². The lowest BCUT2D eigenvalue weighted by Gasteiger charge is -2.20. The average molecular weight is 338 g/mol. The van der Waals surface area contributed by atoms with Gasteiger partial charge in [0.1, 0.15) is 0 Å². The standard InChI is InChI=1S/C16H17Cl2N3O/c1-16(2,3)21-15(22)10-7-11(9-19-8-10)20-13-6-4-5-12(17)14(13)18/h4-9,20H,1-3H3,(H,21,22). The van der Waals surface area contributed by atoms with Gasteiger partial charge in [-0.25, -0.2) is 0 Å². The molecule has 0 aliphatic carbocycles. The molecule has 4 nitrogen and oxygen atoms in total. The fraction of sp³-hybridized carbons (Fsp3) is 0.250. The number of pyridine rings is 1. The second-order valence-corrected chi connectivity index (χ2v) is 6.68. The van der Waals surface area contributed by atoms with Crippen molar-refractivity contribution in [1.29, 1.82) is 0 Å². The van der Waals surface area contributed by atoms with E-state index in [0.29, 0.717) is 27.0 Å². The third-order valence-corrected chi connectivity index (χ3v) is 3.54. The van der Waals surface area contributed by atoms with Gasteiger partial charge in [-0.1, -0.05) is 29.3 Å². The molecule has 0 atom stereocenters. The van der Waals surface area contributed by atoms with Crippen LogP contribution in [0.3, 0.4) is 0 Å². The van der Waals surface area contributed by atoms with Gasteiger partial charge in [-0.2, -0.15) is 0 Å². The average Bonchev–Trinajstić information content (AvgIpc) is 2.42. The summed E-state index contributed by atoms with van der Waals surface area (Å²) in [7, 11) is 0. The molecule has 2 aromatic rings. The summed E-state index contributed by atoms with van der Waals surface area (Å²) in [5, 5.41) is 6.89. The van der Waals surface area contributed by atoms with Crippen molar-refractivity contribution >= 4 is 40.5 Å². The first-order valence-corrected chi connectivity index (χ1v) is 7.50. The molecule has 0 spiro atoms. The van der Waals surface area contributed by atoms with Gasteiger partial charge in [0.25, 0.3) is 5.91 Å². The third-order valence-electron chi connectivity index (χ3n) is 2.72. The number of carbonyl (C=O) groups is 1. The van der Waals surface area contributed by atoms with E-state index < -0.39 is 0 Å². The Hall–Kier alpha value is -1.78. The highest BCUT2D eigenvalue weighted by molar-refractivity contribution is 6.43. The largest absolute Gasteiger partial charge is 0.353 e. The van der Waals surface area contributed by atoms with E-state index in [0.717, 1.165) is 0 Å². The monoisotopic (exact) mass is 337 g/mol. The van der Waals surface area contributed by atoms with Crippen LogP contribution in [0, 0.1) is 0 Å². The smallest absolute Gasteiger partial charge is 0.253 e. The summed E-state index contributed by atoms with van der Waals surface area (Å²) in [5.74, 6) is -0.180. The number of amides is 1. The fourth-order valence-electron chi connectivity index (χ4n) is 1.80. The number of anilines is 2. The SMILES string of the molecule is CC(C)(C)NC(=O)c1cncc(Nc2cccc(Cl)c2Cl)c1. The van der Waals surface area contributed by atoms with Crippen molar-refractivity contribution in [3.8, 4) is 0 Å². The van der Waals surface area contributed by atoms with E-state index in [1.54, 1.807) is 30.5 Å². The van der Waals surface area contributed by atoms with Crippen molar-refractivity contribution in [2.75, 3.05) is 5.32 Å². The molecule has 0 aliphatic heterocycles. The Balaban J connectivity index is 2.22. The van der Waals surface area contributed by atoms with Crippen LogP contribution in [0.2, 0.25) is 10.0 Å². The predicted molar refractivity (Wildman–Crippen MR) is 91.2 cm³/mol. The summed E-state index contributed by atoms with van der Waals surface area (Å²) in [6.07, 6.45) is 3.14. The van der Waals surface area contributed by atoms with Crippen LogP contribution in [0.4, 0.5) is 11.4 Å². The second-order valence-electron chi connectivity index (χ2n) is 5.89. The van der Waals surface area contributed by atoms with Gasteiger partial charge in [0.15, 0.2) is 0 Å². The number of halogens is 2. The van der Waals surface area contributed by atoms with E-state index in [9.17, 15) is 4.79 Å². The summed E-state index contributed by atoms with van der Waals surface area (Å²) in [4.78, 5) is 16.2. The van der Waals surface area contributed by atoms with Crippen molar-refractivity contribution in [2.45, 2.75) is 26.3 Å². The first-order valence-electron chi connectivity index (χ1n) is 6.75. The highest BCUT2D eigenvalue weighted by atomic mass is 35.5. The van der Waals surface area contributed by atoms with Crippen molar-refractivity contribution in [1.82, 2.24) is 10.3 Å². The molecular weight excluding hydrogens is 321 g/mol. The van der Waals surface area contributed by atoms with Gasteiger partial charge in [0.2, 0.25) is 0 Å². The lowest BCUT2D eigenvalue weighted by molar-refractivity contribution is 0.0919. The minimum absolute atomic E-state index is 0.180. The van der Waals surface area contributed by atoms with E-state index in [1.165, 1.54) is 6.20 Å². The summed E-state index contributed by atoms with van der Waals surface area (Å²) in [5.41, 5.74) is 1.48. The van der Waals surface area contributed by atoms with Crippen LogP contribution in [0.1, 0.15) is 31.1 Å². The van der Waals surface area contributed by atoms with E-state index in [-0.39, 0.29) is 11.4 Å². The molecule has 0 unspecified atom stereocenters. The maximum absolute atomic E-state index is 12.2. The van der Waals surface area contributed by atoms with Gasteiger partial charge in [-0.05, 0) is 39.0 Å². The van der Waals surface area contributed by atoms with Gasteiger partial charge < -0.3 is 10.6 Å². The van der Waals surface area contributed by atoms with E-state index in [1.807, 2.05) is 20.8 Å². The molecule has 6 heteroatoms. The number of nitrogens with one attached hydrogen (secondary N) is 2. The van der Waals surface area contributed by atoms with Gasteiger partial charge in [-0.3, -0.25) is 9.78 Å². The van der Waals surface area contributed by atoms with E-state index in [2.05, 4.69) is 15.6 Å². The Morgan fingerprint density at radius 3 is 2.59 bits per heavy atom. The highest BCUT2D eigenvalue weighted by Crippen LogP contribution is 2.31. The number of rotatable bonds is 3. The zero-order valence-corrected chi connectivity index (χ0v) is 14.1. The van der Waals surface area contributed by atoms with Crippen LogP contribution in [-0.4, -0.2) is 16.4 Å². The summed E-state index contributed by atoms with van der Waals surface area (Å²) < 4.78 is 0. The molecule has 1 amide bonds. The Kier molecular flexibility index (Phi) is 4.94. The summed E-state index contributed by atoms with van der Waals surface area (Å²) >= 11 is 12.1. The number of aromatic nitrogens is 1. The predicted octanol–water partition coefficient (Wildman–Crippen LogP) is 4.66. The minimum Gasteiger partial charge on any atom is -0.353 e. The van der Waals surface area contributed by atoms with E-state index in [4.69, 9.17) is 23.2 Å². The molecular formula is C16H17Cl2N3O. The second kappa shape index (κ2) is 6.55. The van der Waals surface area contributed by atoms with Crippen molar-refractivity contribution < 1.29 is 4.79 Å². The van der Waals surface area contributed by atoms with Crippen LogP contribution >= 0.6 is 23.2 Å². The minimum atomic E-state index is -0.309. The molecule has 0 bridgehead atoms. The quantitative estimate of drug-likeness (QED) is 0.856. The Bertz CT molecular complexity index is 696. The number of carbonyl (C=O) groups excluding carboxylic acids is 1. The van der Waals surface area contributed by atoms with Crippen LogP contribution in [0.5, 0.6) is 0 Å². The molecule has 2 rings (SSSR count). The Labute approximate surface area is 139 Å². The normalized spacial score (nSPS) is 11.1. The lowest BCUT2D eigenvalue weighted by atomic mass is 10.1. The number of hydrogen-bond donors (Lipinski definition) is 2. The lowest BCUT2D eigenvalue weighted by Crippen LogP contribution is -2.40. The molecule has 0 fully saturated rings.